The molecule has 1 aliphatic rings. The van der Waals surface area contributed by atoms with Crippen LogP contribution in [0.5, 0.6) is 0 Å². The SMILES string of the molecule is CCc1cc(-c2ccc(Nc3ccc(N4CCN(CCC(C)C)CC4)cc3)c3nccn23)ccn1. The van der Waals surface area contributed by atoms with Crippen LogP contribution in [0.3, 0.4) is 0 Å². The third-order valence-corrected chi connectivity index (χ3v) is 6.93. The van der Waals surface area contributed by atoms with E-state index in [1.165, 1.54) is 18.7 Å². The molecular weight excluding hydrogens is 432 g/mol. The Balaban J connectivity index is 1.28. The number of imidazole rings is 1. The number of nitrogens with zero attached hydrogens (tertiary/aromatic N) is 5. The Hall–Kier alpha value is -3.38. The van der Waals surface area contributed by atoms with Crippen molar-refractivity contribution in [2.45, 2.75) is 33.6 Å². The van der Waals surface area contributed by atoms with Gasteiger partial charge in [-0.3, -0.25) is 14.3 Å². The van der Waals surface area contributed by atoms with E-state index in [9.17, 15) is 0 Å². The zero-order valence-electron chi connectivity index (χ0n) is 21.1. The van der Waals surface area contributed by atoms with Crippen LogP contribution < -0.4 is 10.2 Å². The predicted octanol–water partition coefficient (Wildman–Crippen LogP) is 5.87. The van der Waals surface area contributed by atoms with Crippen LogP contribution in [-0.2, 0) is 6.42 Å². The highest BCUT2D eigenvalue weighted by Crippen LogP contribution is 2.28. The van der Waals surface area contributed by atoms with E-state index in [0.717, 1.165) is 72.5 Å². The first-order valence-corrected chi connectivity index (χ1v) is 12.9. The number of piperazine rings is 1. The number of hydrogen-bond acceptors (Lipinski definition) is 5. The average molecular weight is 469 g/mol. The van der Waals surface area contributed by atoms with Crippen LogP contribution >= 0.6 is 0 Å². The number of benzene rings is 1. The molecule has 3 aromatic heterocycles. The van der Waals surface area contributed by atoms with Crippen molar-refractivity contribution in [1.82, 2.24) is 19.3 Å². The van der Waals surface area contributed by atoms with Crippen LogP contribution in [0.2, 0.25) is 0 Å². The van der Waals surface area contributed by atoms with E-state index in [1.807, 2.05) is 18.6 Å². The summed E-state index contributed by atoms with van der Waals surface area (Å²) in [4.78, 5) is 14.2. The van der Waals surface area contributed by atoms with Crippen LogP contribution in [0.1, 0.15) is 32.9 Å². The van der Waals surface area contributed by atoms with E-state index >= 15 is 0 Å². The second-order valence-corrected chi connectivity index (χ2v) is 9.83. The number of nitrogens with one attached hydrogen (secondary N) is 1. The Kier molecular flexibility index (Phi) is 7.00. The van der Waals surface area contributed by atoms with Crippen LogP contribution in [0.15, 0.2) is 67.1 Å². The smallest absolute Gasteiger partial charge is 0.161 e. The molecule has 0 bridgehead atoms. The van der Waals surface area contributed by atoms with Gasteiger partial charge in [0, 0.05) is 67.4 Å². The highest BCUT2D eigenvalue weighted by molar-refractivity contribution is 5.78. The normalized spacial score (nSPS) is 14.7. The molecule has 5 rings (SSSR count). The van der Waals surface area contributed by atoms with E-state index in [2.05, 4.69) is 98.8 Å². The fraction of sp³-hybridized carbons (Fsp3) is 0.379. The fourth-order valence-corrected chi connectivity index (χ4v) is 4.76. The van der Waals surface area contributed by atoms with Gasteiger partial charge in [-0.2, -0.15) is 0 Å². The van der Waals surface area contributed by atoms with Gasteiger partial charge in [0.05, 0.1) is 11.4 Å². The first kappa shape index (κ1) is 23.4. The summed E-state index contributed by atoms with van der Waals surface area (Å²) < 4.78 is 2.14. The van der Waals surface area contributed by atoms with Crippen molar-refractivity contribution in [3.8, 4) is 11.3 Å². The number of fused-ring (bicyclic) bond motifs is 1. The molecule has 1 saturated heterocycles. The lowest BCUT2D eigenvalue weighted by atomic mass is 10.1. The summed E-state index contributed by atoms with van der Waals surface area (Å²) in [7, 11) is 0. The Morgan fingerprint density at radius 1 is 0.914 bits per heavy atom. The summed E-state index contributed by atoms with van der Waals surface area (Å²) in [5.41, 5.74) is 7.64. The van der Waals surface area contributed by atoms with Gasteiger partial charge in [0.25, 0.3) is 0 Å². The third-order valence-electron chi connectivity index (χ3n) is 6.93. The maximum atomic E-state index is 4.64. The van der Waals surface area contributed by atoms with Gasteiger partial charge in [0.1, 0.15) is 0 Å². The van der Waals surface area contributed by atoms with Crippen LogP contribution in [0.25, 0.3) is 16.9 Å². The van der Waals surface area contributed by atoms with Crippen molar-refractivity contribution in [2.24, 2.45) is 5.92 Å². The van der Waals surface area contributed by atoms with Crippen LogP contribution in [0.4, 0.5) is 17.1 Å². The standard InChI is InChI=1S/C29H36N6/c1-4-24-21-23(11-13-30-24)28-10-9-27(29-31-14-16-35(28)29)32-25-5-7-26(8-6-25)34-19-17-33(18-20-34)15-12-22(2)3/h5-11,13-14,16,21-22,32H,4,12,15,17-20H2,1-3H3. The topological polar surface area (TPSA) is 48.7 Å². The molecule has 6 nitrogen and oxygen atoms in total. The van der Waals surface area contributed by atoms with Gasteiger partial charge in [-0.25, -0.2) is 4.98 Å². The molecule has 182 valence electrons. The molecule has 0 amide bonds. The Morgan fingerprint density at radius 2 is 1.71 bits per heavy atom. The van der Waals surface area contributed by atoms with Gasteiger partial charge in [-0.1, -0.05) is 20.8 Å². The minimum atomic E-state index is 0.775. The maximum Gasteiger partial charge on any atom is 0.161 e. The van der Waals surface area contributed by atoms with Crippen molar-refractivity contribution in [1.29, 1.82) is 0 Å². The predicted molar refractivity (Wildman–Crippen MR) is 146 cm³/mol. The summed E-state index contributed by atoms with van der Waals surface area (Å²) in [6, 6.07) is 17.3. The van der Waals surface area contributed by atoms with Crippen molar-refractivity contribution in [3.05, 3.63) is 72.8 Å². The molecule has 1 fully saturated rings. The van der Waals surface area contributed by atoms with Gasteiger partial charge in [-0.05, 0) is 73.8 Å². The molecule has 0 atom stereocenters. The monoisotopic (exact) mass is 468 g/mol. The molecule has 0 unspecified atom stereocenters. The maximum absolute atomic E-state index is 4.64. The Bertz CT molecular complexity index is 1250. The van der Waals surface area contributed by atoms with Crippen molar-refractivity contribution < 1.29 is 0 Å². The molecule has 4 aromatic rings. The lowest BCUT2D eigenvalue weighted by Gasteiger charge is -2.36. The summed E-state index contributed by atoms with van der Waals surface area (Å²) >= 11 is 0. The Labute approximate surface area is 208 Å². The highest BCUT2D eigenvalue weighted by atomic mass is 15.3. The van der Waals surface area contributed by atoms with Crippen molar-refractivity contribution in [3.63, 3.8) is 0 Å². The number of pyridine rings is 2. The van der Waals surface area contributed by atoms with Crippen LogP contribution in [0, 0.1) is 5.92 Å². The molecule has 0 aliphatic carbocycles. The molecule has 1 N–H and O–H groups in total. The molecule has 0 radical (unpaired) electrons. The fourth-order valence-electron chi connectivity index (χ4n) is 4.76. The third kappa shape index (κ3) is 5.33. The van der Waals surface area contributed by atoms with Crippen molar-refractivity contribution in [2.75, 3.05) is 42.9 Å². The number of aryl methyl sites for hydroxylation is 1. The van der Waals surface area contributed by atoms with E-state index in [4.69, 9.17) is 0 Å². The molecule has 35 heavy (non-hydrogen) atoms. The summed E-state index contributed by atoms with van der Waals surface area (Å²) in [5.74, 6) is 0.775. The van der Waals surface area contributed by atoms with Gasteiger partial charge >= 0.3 is 0 Å². The first-order chi connectivity index (χ1) is 17.1. The lowest BCUT2D eigenvalue weighted by Crippen LogP contribution is -2.46. The van der Waals surface area contributed by atoms with E-state index in [1.54, 1.807) is 0 Å². The van der Waals surface area contributed by atoms with Gasteiger partial charge in [-0.15, -0.1) is 0 Å². The van der Waals surface area contributed by atoms with Crippen molar-refractivity contribution >= 4 is 22.7 Å². The Morgan fingerprint density at radius 3 is 2.46 bits per heavy atom. The zero-order valence-corrected chi connectivity index (χ0v) is 21.1. The minimum absolute atomic E-state index is 0.775. The molecule has 1 aromatic carbocycles. The summed E-state index contributed by atoms with van der Waals surface area (Å²) in [6.07, 6.45) is 7.97. The highest BCUT2D eigenvalue weighted by Gasteiger charge is 2.17. The molecule has 4 heterocycles. The molecule has 0 saturated carbocycles. The van der Waals surface area contributed by atoms with E-state index in [-0.39, 0.29) is 0 Å². The molecular formula is C29H36N6. The van der Waals surface area contributed by atoms with Gasteiger partial charge < -0.3 is 10.2 Å². The average Bonchev–Trinajstić information content (AvgIpc) is 3.39. The van der Waals surface area contributed by atoms with Gasteiger partial charge in [0.15, 0.2) is 5.65 Å². The lowest BCUT2D eigenvalue weighted by molar-refractivity contribution is 0.244. The second kappa shape index (κ2) is 10.5. The van der Waals surface area contributed by atoms with Crippen LogP contribution in [-0.4, -0.2) is 52.0 Å². The number of aromatic nitrogens is 3. The van der Waals surface area contributed by atoms with E-state index < -0.39 is 0 Å². The number of hydrogen-bond donors (Lipinski definition) is 1. The molecule has 0 spiro atoms. The summed E-state index contributed by atoms with van der Waals surface area (Å²) in [5, 5.41) is 3.58. The van der Waals surface area contributed by atoms with E-state index in [0.29, 0.717) is 0 Å². The molecule has 1 aliphatic heterocycles. The second-order valence-electron chi connectivity index (χ2n) is 9.83. The first-order valence-electron chi connectivity index (χ1n) is 12.9. The number of rotatable bonds is 8. The zero-order chi connectivity index (χ0) is 24.2. The largest absolute Gasteiger partial charge is 0.369 e. The number of anilines is 3. The van der Waals surface area contributed by atoms with Gasteiger partial charge in [0.2, 0.25) is 0 Å². The minimum Gasteiger partial charge on any atom is -0.369 e. The quantitative estimate of drug-likeness (QED) is 0.350. The molecule has 6 heteroatoms. The summed E-state index contributed by atoms with van der Waals surface area (Å²) in [6.45, 7) is 12.4.